The summed E-state index contributed by atoms with van der Waals surface area (Å²) in [5, 5.41) is 14.3. The first kappa shape index (κ1) is 19.1. The molecule has 0 unspecified atom stereocenters. The number of amides is 1. The Morgan fingerprint density at radius 2 is 2.07 bits per heavy atom. The average molecular weight is 375 g/mol. The third-order valence-corrected chi connectivity index (χ3v) is 8.65. The number of carbonyl (C=O) groups excluding carboxylic acids is 2. The highest BCUT2D eigenvalue weighted by Gasteiger charge is 2.62. The summed E-state index contributed by atoms with van der Waals surface area (Å²) in [5.41, 5.74) is 6.62. The average Bonchev–Trinajstić information content (AvgIpc) is 2.96. The molecule has 0 radical (unpaired) electrons. The zero-order valence-electron chi connectivity index (χ0n) is 16.7. The van der Waals surface area contributed by atoms with Gasteiger partial charge in [-0.25, -0.2) is 0 Å². The van der Waals surface area contributed by atoms with Crippen molar-refractivity contribution < 1.29 is 14.7 Å². The van der Waals surface area contributed by atoms with Crippen LogP contribution < -0.4 is 11.1 Å². The molecule has 3 saturated carbocycles. The molecule has 0 aromatic heterocycles. The van der Waals surface area contributed by atoms with Crippen LogP contribution in [0.1, 0.15) is 58.8 Å². The number of rotatable bonds is 3. The molecule has 3 fully saturated rings. The molecule has 4 aliphatic rings. The standard InChI is InChI=1S/C22H34N2O3/c1-21-8-7-14(25)11-13(21)3-4-15-16-5-6-17(20(27)24-10-9-23)22(16,2)12-18(26)19(15)21/h11,15-19,26H,3-10,12,23H2,1-2H3,(H,24,27)/t15-,16-,17+,18-,19+,21-,22-/m0/s1. The van der Waals surface area contributed by atoms with E-state index in [0.717, 1.165) is 32.1 Å². The lowest BCUT2D eigenvalue weighted by Crippen LogP contribution is -2.57. The number of allylic oxidation sites excluding steroid dienone is 1. The van der Waals surface area contributed by atoms with E-state index in [-0.39, 0.29) is 34.4 Å². The van der Waals surface area contributed by atoms with Crippen LogP contribution in [0.5, 0.6) is 0 Å². The van der Waals surface area contributed by atoms with Gasteiger partial charge in [-0.05, 0) is 73.2 Å². The molecule has 4 rings (SSSR count). The topological polar surface area (TPSA) is 92.4 Å². The first-order chi connectivity index (χ1) is 12.8. The van der Waals surface area contributed by atoms with E-state index in [9.17, 15) is 14.7 Å². The van der Waals surface area contributed by atoms with Gasteiger partial charge in [-0.1, -0.05) is 19.4 Å². The number of hydrogen-bond acceptors (Lipinski definition) is 4. The van der Waals surface area contributed by atoms with Crippen LogP contribution in [0.4, 0.5) is 0 Å². The molecular formula is C22H34N2O3. The van der Waals surface area contributed by atoms with Crippen LogP contribution in [-0.4, -0.2) is 36.0 Å². The van der Waals surface area contributed by atoms with Crippen molar-refractivity contribution in [1.29, 1.82) is 0 Å². The number of ketones is 1. The monoisotopic (exact) mass is 374 g/mol. The molecule has 7 atom stereocenters. The van der Waals surface area contributed by atoms with Crippen LogP contribution in [0.3, 0.4) is 0 Å². The second-order valence-electron chi connectivity index (χ2n) is 9.88. The SMILES string of the molecule is C[C@]12C[C@H](O)[C@H]3[C@@H](CCC4=CC(=O)CC[C@@]43C)[C@@H]1CC[C@@H]2C(=O)NCCN. The Bertz CT molecular complexity index is 674. The predicted octanol–water partition coefficient (Wildman–Crippen LogP) is 2.18. The number of nitrogens with two attached hydrogens (primary N) is 1. The molecular weight excluding hydrogens is 340 g/mol. The maximum Gasteiger partial charge on any atom is 0.223 e. The van der Waals surface area contributed by atoms with Crippen molar-refractivity contribution in [3.63, 3.8) is 0 Å². The van der Waals surface area contributed by atoms with Gasteiger partial charge in [-0.15, -0.1) is 0 Å². The van der Waals surface area contributed by atoms with E-state index < -0.39 is 6.10 Å². The van der Waals surface area contributed by atoms with Crippen LogP contribution in [0.2, 0.25) is 0 Å². The molecule has 4 N–H and O–H groups in total. The van der Waals surface area contributed by atoms with E-state index >= 15 is 0 Å². The molecule has 0 aromatic rings. The third-order valence-electron chi connectivity index (χ3n) is 8.65. The first-order valence-electron chi connectivity index (χ1n) is 10.7. The molecule has 4 aliphatic carbocycles. The second kappa shape index (κ2) is 6.70. The Balaban J connectivity index is 1.63. The summed E-state index contributed by atoms with van der Waals surface area (Å²) >= 11 is 0. The highest BCUT2D eigenvalue weighted by atomic mass is 16.3. The fourth-order valence-corrected chi connectivity index (χ4v) is 7.44. The van der Waals surface area contributed by atoms with E-state index in [2.05, 4.69) is 19.2 Å². The largest absolute Gasteiger partial charge is 0.393 e. The van der Waals surface area contributed by atoms with Crippen LogP contribution >= 0.6 is 0 Å². The molecule has 0 saturated heterocycles. The predicted molar refractivity (Wildman–Crippen MR) is 104 cm³/mol. The van der Waals surface area contributed by atoms with Gasteiger partial charge in [0.1, 0.15) is 0 Å². The van der Waals surface area contributed by atoms with Crippen LogP contribution in [0.25, 0.3) is 0 Å². The van der Waals surface area contributed by atoms with Crippen LogP contribution in [0.15, 0.2) is 11.6 Å². The minimum Gasteiger partial charge on any atom is -0.393 e. The lowest BCUT2D eigenvalue weighted by molar-refractivity contribution is -0.146. The van der Waals surface area contributed by atoms with Crippen molar-refractivity contribution in [1.82, 2.24) is 5.32 Å². The van der Waals surface area contributed by atoms with Crippen molar-refractivity contribution in [2.24, 2.45) is 40.2 Å². The molecule has 150 valence electrons. The maximum atomic E-state index is 12.8. The summed E-state index contributed by atoms with van der Waals surface area (Å²) in [6, 6.07) is 0. The lowest BCUT2D eigenvalue weighted by atomic mass is 9.46. The Morgan fingerprint density at radius 1 is 1.30 bits per heavy atom. The first-order valence-corrected chi connectivity index (χ1v) is 10.7. The molecule has 0 heterocycles. The van der Waals surface area contributed by atoms with Gasteiger partial charge in [0.05, 0.1) is 6.10 Å². The van der Waals surface area contributed by atoms with Crippen LogP contribution in [-0.2, 0) is 9.59 Å². The van der Waals surface area contributed by atoms with Crippen molar-refractivity contribution in [2.45, 2.75) is 64.9 Å². The Hall–Kier alpha value is -1.20. The molecule has 0 aromatic carbocycles. The quantitative estimate of drug-likeness (QED) is 0.706. The zero-order chi connectivity index (χ0) is 19.4. The maximum absolute atomic E-state index is 12.8. The van der Waals surface area contributed by atoms with E-state index in [0.29, 0.717) is 37.8 Å². The summed E-state index contributed by atoms with van der Waals surface area (Å²) in [4.78, 5) is 24.7. The summed E-state index contributed by atoms with van der Waals surface area (Å²) in [5.74, 6) is 1.48. The minimum atomic E-state index is -0.402. The molecule has 27 heavy (non-hydrogen) atoms. The van der Waals surface area contributed by atoms with E-state index in [1.807, 2.05) is 6.08 Å². The summed E-state index contributed by atoms with van der Waals surface area (Å²) in [6.07, 6.45) is 7.60. The normalized spacial score (nSPS) is 46.1. The molecule has 0 aliphatic heterocycles. The number of nitrogens with one attached hydrogen (secondary N) is 1. The van der Waals surface area contributed by atoms with Crippen molar-refractivity contribution in [3.8, 4) is 0 Å². The summed E-state index contributed by atoms with van der Waals surface area (Å²) in [7, 11) is 0. The summed E-state index contributed by atoms with van der Waals surface area (Å²) in [6.45, 7) is 5.48. The Labute approximate surface area is 162 Å². The van der Waals surface area contributed by atoms with Gasteiger partial charge in [-0.3, -0.25) is 9.59 Å². The van der Waals surface area contributed by atoms with Gasteiger partial charge in [-0.2, -0.15) is 0 Å². The van der Waals surface area contributed by atoms with Crippen LogP contribution in [0, 0.1) is 34.5 Å². The number of carbonyl (C=O) groups is 2. The fourth-order valence-electron chi connectivity index (χ4n) is 7.44. The highest BCUT2D eigenvalue weighted by Crippen LogP contribution is 2.66. The molecule has 0 bridgehead atoms. The fraction of sp³-hybridized carbons (Fsp3) is 0.818. The Kier molecular flexibility index (Phi) is 4.75. The van der Waals surface area contributed by atoms with Crippen molar-refractivity contribution >= 4 is 11.7 Å². The van der Waals surface area contributed by atoms with E-state index in [4.69, 9.17) is 5.73 Å². The third kappa shape index (κ3) is 2.80. The van der Waals surface area contributed by atoms with Gasteiger partial charge in [0.15, 0.2) is 5.78 Å². The molecule has 0 spiro atoms. The van der Waals surface area contributed by atoms with Gasteiger partial charge >= 0.3 is 0 Å². The molecule has 5 heteroatoms. The number of fused-ring (bicyclic) bond motifs is 5. The van der Waals surface area contributed by atoms with Crippen molar-refractivity contribution in [3.05, 3.63) is 11.6 Å². The smallest absolute Gasteiger partial charge is 0.223 e. The lowest BCUT2D eigenvalue weighted by Gasteiger charge is -2.59. The zero-order valence-corrected chi connectivity index (χ0v) is 16.7. The Morgan fingerprint density at radius 3 is 2.81 bits per heavy atom. The number of aliphatic hydroxyl groups excluding tert-OH is 1. The minimum absolute atomic E-state index is 0.0256. The van der Waals surface area contributed by atoms with Gasteiger partial charge in [0, 0.05) is 25.4 Å². The molecule has 5 nitrogen and oxygen atoms in total. The second-order valence-corrected chi connectivity index (χ2v) is 9.88. The highest BCUT2D eigenvalue weighted by molar-refractivity contribution is 5.91. The van der Waals surface area contributed by atoms with E-state index in [1.165, 1.54) is 5.57 Å². The van der Waals surface area contributed by atoms with E-state index in [1.54, 1.807) is 0 Å². The van der Waals surface area contributed by atoms with Crippen molar-refractivity contribution in [2.75, 3.05) is 13.1 Å². The molecule has 1 amide bonds. The van der Waals surface area contributed by atoms with Gasteiger partial charge < -0.3 is 16.2 Å². The van der Waals surface area contributed by atoms with Gasteiger partial charge in [0.25, 0.3) is 0 Å². The number of aliphatic hydroxyl groups is 1. The van der Waals surface area contributed by atoms with Gasteiger partial charge in [0.2, 0.25) is 5.91 Å². The summed E-state index contributed by atoms with van der Waals surface area (Å²) < 4.78 is 0. The number of hydrogen-bond donors (Lipinski definition) is 3.